The Balaban J connectivity index is 1.70. The standard InChI is InChI=1S/C17H16N2O3S/c1-13-4-2-5-15(10-13)23(20,21)19-12-14-7-8-16(18-11-14)17-6-3-9-22-17/h2-11,19H,12H2,1H3. The minimum Gasteiger partial charge on any atom is -0.463 e. The quantitative estimate of drug-likeness (QED) is 0.781. The van der Waals surface area contributed by atoms with Gasteiger partial charge in [-0.25, -0.2) is 13.1 Å². The monoisotopic (exact) mass is 328 g/mol. The van der Waals surface area contributed by atoms with Gasteiger partial charge in [0.1, 0.15) is 5.69 Å². The van der Waals surface area contributed by atoms with Gasteiger partial charge in [0, 0.05) is 12.7 Å². The highest BCUT2D eigenvalue weighted by Gasteiger charge is 2.13. The summed E-state index contributed by atoms with van der Waals surface area (Å²) >= 11 is 0. The van der Waals surface area contributed by atoms with E-state index in [4.69, 9.17) is 4.42 Å². The van der Waals surface area contributed by atoms with Crippen molar-refractivity contribution in [2.24, 2.45) is 0 Å². The number of hydrogen-bond acceptors (Lipinski definition) is 4. The van der Waals surface area contributed by atoms with Crippen LogP contribution >= 0.6 is 0 Å². The van der Waals surface area contributed by atoms with Gasteiger partial charge in [0.2, 0.25) is 10.0 Å². The summed E-state index contributed by atoms with van der Waals surface area (Å²) in [5.74, 6) is 0.678. The third-order valence-electron chi connectivity index (χ3n) is 3.36. The van der Waals surface area contributed by atoms with Crippen LogP contribution in [0.4, 0.5) is 0 Å². The summed E-state index contributed by atoms with van der Waals surface area (Å²) in [6, 6.07) is 14.0. The lowest BCUT2D eigenvalue weighted by Crippen LogP contribution is -2.23. The third kappa shape index (κ3) is 3.67. The van der Waals surface area contributed by atoms with Crippen LogP contribution in [0.5, 0.6) is 0 Å². The van der Waals surface area contributed by atoms with Crippen molar-refractivity contribution < 1.29 is 12.8 Å². The van der Waals surface area contributed by atoms with Crippen LogP contribution in [0.2, 0.25) is 0 Å². The lowest BCUT2D eigenvalue weighted by Gasteiger charge is -2.07. The van der Waals surface area contributed by atoms with Crippen molar-refractivity contribution in [3.05, 3.63) is 72.1 Å². The first-order valence-corrected chi connectivity index (χ1v) is 8.58. The van der Waals surface area contributed by atoms with Crippen LogP contribution in [0.25, 0.3) is 11.5 Å². The molecule has 0 spiro atoms. The van der Waals surface area contributed by atoms with Crippen molar-refractivity contribution >= 4 is 10.0 Å². The van der Waals surface area contributed by atoms with Crippen molar-refractivity contribution in [1.29, 1.82) is 0 Å². The Bertz CT molecular complexity index is 886. The molecule has 0 radical (unpaired) electrons. The average Bonchev–Trinajstić information content (AvgIpc) is 3.08. The first-order chi connectivity index (χ1) is 11.0. The number of nitrogens with one attached hydrogen (secondary N) is 1. The fourth-order valence-electron chi connectivity index (χ4n) is 2.14. The van der Waals surface area contributed by atoms with E-state index < -0.39 is 10.0 Å². The molecular formula is C17H16N2O3S. The van der Waals surface area contributed by atoms with Crippen LogP contribution in [0.1, 0.15) is 11.1 Å². The molecule has 0 unspecified atom stereocenters. The number of rotatable bonds is 5. The number of sulfonamides is 1. The van der Waals surface area contributed by atoms with Crippen LogP contribution in [0.15, 0.2) is 70.3 Å². The maximum absolute atomic E-state index is 12.3. The predicted octanol–water partition coefficient (Wildman–Crippen LogP) is 3.13. The zero-order valence-corrected chi connectivity index (χ0v) is 13.4. The molecule has 0 amide bonds. The first kappa shape index (κ1) is 15.5. The topological polar surface area (TPSA) is 72.2 Å². The highest BCUT2D eigenvalue weighted by atomic mass is 32.2. The third-order valence-corrected chi connectivity index (χ3v) is 4.76. The summed E-state index contributed by atoms with van der Waals surface area (Å²) in [6.45, 7) is 2.04. The highest BCUT2D eigenvalue weighted by Crippen LogP contribution is 2.17. The first-order valence-electron chi connectivity index (χ1n) is 7.10. The molecule has 5 nitrogen and oxygen atoms in total. The number of pyridine rings is 1. The predicted molar refractivity (Wildman–Crippen MR) is 87.1 cm³/mol. The highest BCUT2D eigenvalue weighted by molar-refractivity contribution is 7.89. The maximum Gasteiger partial charge on any atom is 0.240 e. The maximum atomic E-state index is 12.3. The van der Waals surface area contributed by atoms with Crippen LogP contribution in [0.3, 0.4) is 0 Å². The largest absolute Gasteiger partial charge is 0.463 e. The summed E-state index contributed by atoms with van der Waals surface area (Å²) in [5, 5.41) is 0. The number of aryl methyl sites for hydroxylation is 1. The molecule has 0 fully saturated rings. The van der Waals surface area contributed by atoms with E-state index in [1.165, 1.54) is 0 Å². The van der Waals surface area contributed by atoms with Gasteiger partial charge in [-0.15, -0.1) is 0 Å². The lowest BCUT2D eigenvalue weighted by atomic mass is 10.2. The number of furan rings is 1. The van der Waals surface area contributed by atoms with E-state index in [1.54, 1.807) is 42.8 Å². The molecule has 2 heterocycles. The Hall–Kier alpha value is -2.44. The second-order valence-electron chi connectivity index (χ2n) is 5.17. The van der Waals surface area contributed by atoms with E-state index in [0.29, 0.717) is 11.5 Å². The van der Waals surface area contributed by atoms with Gasteiger partial charge in [0.05, 0.1) is 11.2 Å². The van der Waals surface area contributed by atoms with Gasteiger partial charge in [-0.05, 0) is 48.4 Å². The SMILES string of the molecule is Cc1cccc(S(=O)(=O)NCc2ccc(-c3ccco3)nc2)c1. The van der Waals surface area contributed by atoms with Gasteiger partial charge in [0.15, 0.2) is 5.76 Å². The van der Waals surface area contributed by atoms with Crippen molar-refractivity contribution in [3.63, 3.8) is 0 Å². The van der Waals surface area contributed by atoms with E-state index in [-0.39, 0.29) is 11.4 Å². The second-order valence-corrected chi connectivity index (χ2v) is 6.94. The number of hydrogen-bond donors (Lipinski definition) is 1. The Labute approximate surface area is 135 Å². The van der Waals surface area contributed by atoms with Gasteiger partial charge < -0.3 is 4.42 Å². The average molecular weight is 328 g/mol. The van der Waals surface area contributed by atoms with E-state index >= 15 is 0 Å². The molecular weight excluding hydrogens is 312 g/mol. The van der Waals surface area contributed by atoms with Gasteiger partial charge >= 0.3 is 0 Å². The lowest BCUT2D eigenvalue weighted by molar-refractivity contribution is 0.578. The van der Waals surface area contributed by atoms with E-state index in [2.05, 4.69) is 9.71 Å². The fraction of sp³-hybridized carbons (Fsp3) is 0.118. The fourth-order valence-corrected chi connectivity index (χ4v) is 3.27. The minimum atomic E-state index is -3.53. The normalized spacial score (nSPS) is 11.5. The number of nitrogens with zero attached hydrogens (tertiary/aromatic N) is 1. The van der Waals surface area contributed by atoms with Crippen molar-refractivity contribution in [1.82, 2.24) is 9.71 Å². The number of aromatic nitrogens is 1. The van der Waals surface area contributed by atoms with Crippen LogP contribution in [-0.2, 0) is 16.6 Å². The summed E-state index contributed by atoms with van der Waals surface area (Å²) in [6.07, 6.45) is 3.22. The zero-order valence-electron chi connectivity index (χ0n) is 12.6. The molecule has 1 aromatic carbocycles. The van der Waals surface area contributed by atoms with E-state index in [0.717, 1.165) is 11.1 Å². The van der Waals surface area contributed by atoms with Gasteiger partial charge in [-0.3, -0.25) is 4.98 Å². The smallest absolute Gasteiger partial charge is 0.240 e. The van der Waals surface area contributed by atoms with Crippen molar-refractivity contribution in [3.8, 4) is 11.5 Å². The molecule has 0 aliphatic carbocycles. The van der Waals surface area contributed by atoms with Crippen molar-refractivity contribution in [2.75, 3.05) is 0 Å². The molecule has 0 saturated carbocycles. The molecule has 0 atom stereocenters. The molecule has 1 N–H and O–H groups in total. The number of benzene rings is 1. The van der Waals surface area contributed by atoms with Gasteiger partial charge in [-0.2, -0.15) is 0 Å². The summed E-state index contributed by atoms with van der Waals surface area (Å²) < 4.78 is 32.4. The van der Waals surface area contributed by atoms with Crippen LogP contribution in [0, 0.1) is 6.92 Å². The van der Waals surface area contributed by atoms with Gasteiger partial charge in [-0.1, -0.05) is 18.2 Å². The molecule has 0 aliphatic rings. The molecule has 23 heavy (non-hydrogen) atoms. The van der Waals surface area contributed by atoms with E-state index in [9.17, 15) is 8.42 Å². The summed E-state index contributed by atoms with van der Waals surface area (Å²) in [5.41, 5.74) is 2.38. The Kier molecular flexibility index (Phi) is 4.27. The molecule has 0 bridgehead atoms. The molecule has 6 heteroatoms. The van der Waals surface area contributed by atoms with Gasteiger partial charge in [0.25, 0.3) is 0 Å². The molecule has 0 aliphatic heterocycles. The van der Waals surface area contributed by atoms with Crippen LogP contribution < -0.4 is 4.72 Å². The molecule has 0 saturated heterocycles. The molecule has 3 aromatic rings. The zero-order chi connectivity index (χ0) is 16.3. The van der Waals surface area contributed by atoms with Crippen molar-refractivity contribution in [2.45, 2.75) is 18.4 Å². The van der Waals surface area contributed by atoms with E-state index in [1.807, 2.05) is 25.1 Å². The molecule has 118 valence electrons. The molecule has 3 rings (SSSR count). The Morgan fingerprint density at radius 1 is 1.13 bits per heavy atom. The molecule has 2 aromatic heterocycles. The minimum absolute atomic E-state index is 0.182. The Morgan fingerprint density at radius 2 is 2.00 bits per heavy atom. The second kappa shape index (κ2) is 6.36. The van der Waals surface area contributed by atoms with Crippen LogP contribution in [-0.4, -0.2) is 13.4 Å². The Morgan fingerprint density at radius 3 is 2.65 bits per heavy atom. The summed E-state index contributed by atoms with van der Waals surface area (Å²) in [7, 11) is -3.53. The summed E-state index contributed by atoms with van der Waals surface area (Å²) in [4.78, 5) is 4.54.